The van der Waals surface area contributed by atoms with E-state index in [0.717, 1.165) is 5.56 Å². The van der Waals surface area contributed by atoms with Gasteiger partial charge in [0.1, 0.15) is 6.17 Å². The van der Waals surface area contributed by atoms with Crippen molar-refractivity contribution in [2.24, 2.45) is 0 Å². The molecule has 0 aliphatic heterocycles. The van der Waals surface area contributed by atoms with Gasteiger partial charge in [-0.05, 0) is 36.8 Å². The summed E-state index contributed by atoms with van der Waals surface area (Å²) < 4.78 is 40.3. The van der Waals surface area contributed by atoms with Crippen molar-refractivity contribution in [1.29, 1.82) is 0 Å². The van der Waals surface area contributed by atoms with Gasteiger partial charge in [0.25, 0.3) is 0 Å². The first kappa shape index (κ1) is 15.9. The highest BCUT2D eigenvalue weighted by atomic mass is 35.5. The third-order valence-electron chi connectivity index (χ3n) is 3.02. The first-order chi connectivity index (χ1) is 9.88. The fourth-order valence-electron chi connectivity index (χ4n) is 1.77. The third-order valence-corrected chi connectivity index (χ3v) is 4.71. The van der Waals surface area contributed by atoms with E-state index in [2.05, 4.69) is 4.72 Å². The van der Waals surface area contributed by atoms with Crippen LogP contribution >= 0.6 is 11.6 Å². The molecule has 112 valence electrons. The van der Waals surface area contributed by atoms with Crippen LogP contribution in [0.4, 0.5) is 4.39 Å². The summed E-state index contributed by atoms with van der Waals surface area (Å²) in [6.07, 6.45) is -1.43. The Kier molecular flexibility index (Phi) is 4.98. The van der Waals surface area contributed by atoms with E-state index < -0.39 is 16.2 Å². The molecule has 2 rings (SSSR count). The molecule has 0 heterocycles. The monoisotopic (exact) mass is 327 g/mol. The molecule has 1 unspecified atom stereocenters. The molecule has 0 radical (unpaired) electrons. The predicted octanol–water partition coefficient (Wildman–Crippen LogP) is 3.64. The molecule has 0 spiro atoms. The summed E-state index contributed by atoms with van der Waals surface area (Å²) in [4.78, 5) is 0.122. The van der Waals surface area contributed by atoms with Crippen LogP contribution in [0, 0.1) is 6.92 Å². The summed E-state index contributed by atoms with van der Waals surface area (Å²) in [5, 5.41) is 0.506. The second kappa shape index (κ2) is 6.56. The van der Waals surface area contributed by atoms with Gasteiger partial charge >= 0.3 is 0 Å². The zero-order valence-corrected chi connectivity index (χ0v) is 13.0. The second-order valence-electron chi connectivity index (χ2n) is 4.68. The zero-order valence-electron chi connectivity index (χ0n) is 11.4. The standard InChI is InChI=1S/C15H15ClFNO2S/c1-11-2-8-14(9-3-11)21(19,20)18-10-15(17)12-4-6-13(16)7-5-12/h2-9,15,18H,10H2,1H3. The molecule has 0 bridgehead atoms. The Hall–Kier alpha value is -1.43. The molecular formula is C15H15ClFNO2S. The fourth-order valence-corrected chi connectivity index (χ4v) is 2.93. The Labute approximate surface area is 128 Å². The molecule has 2 aromatic carbocycles. The molecule has 0 aromatic heterocycles. The third kappa shape index (κ3) is 4.27. The first-order valence-corrected chi connectivity index (χ1v) is 8.20. The average molecular weight is 328 g/mol. The van der Waals surface area contributed by atoms with Crippen LogP contribution in [-0.4, -0.2) is 15.0 Å². The van der Waals surface area contributed by atoms with Gasteiger partial charge in [-0.25, -0.2) is 17.5 Å². The summed E-state index contributed by atoms with van der Waals surface area (Å²) in [7, 11) is -3.70. The van der Waals surface area contributed by atoms with Gasteiger partial charge in [0.05, 0.1) is 4.90 Å². The lowest BCUT2D eigenvalue weighted by molar-refractivity contribution is 0.343. The number of aryl methyl sites for hydroxylation is 1. The molecule has 0 aliphatic carbocycles. The summed E-state index contributed by atoms with van der Waals surface area (Å²) in [5.74, 6) is 0. The maximum absolute atomic E-state index is 14.0. The minimum Gasteiger partial charge on any atom is -0.241 e. The first-order valence-electron chi connectivity index (χ1n) is 6.34. The van der Waals surface area contributed by atoms with Crippen molar-refractivity contribution >= 4 is 21.6 Å². The predicted molar refractivity (Wildman–Crippen MR) is 81.7 cm³/mol. The van der Waals surface area contributed by atoms with Crippen LogP contribution in [0.25, 0.3) is 0 Å². The number of hydrogen-bond acceptors (Lipinski definition) is 2. The second-order valence-corrected chi connectivity index (χ2v) is 6.89. The molecule has 6 heteroatoms. The molecule has 0 fully saturated rings. The number of benzene rings is 2. The molecule has 0 aliphatic rings. The Bertz CT molecular complexity index is 699. The van der Waals surface area contributed by atoms with E-state index in [1.807, 2.05) is 6.92 Å². The zero-order chi connectivity index (χ0) is 15.5. The van der Waals surface area contributed by atoms with Crippen molar-refractivity contribution in [2.75, 3.05) is 6.54 Å². The van der Waals surface area contributed by atoms with Gasteiger partial charge in [0.2, 0.25) is 10.0 Å². The highest BCUT2D eigenvalue weighted by molar-refractivity contribution is 7.89. The SMILES string of the molecule is Cc1ccc(S(=O)(=O)NCC(F)c2ccc(Cl)cc2)cc1. The van der Waals surface area contributed by atoms with Crippen molar-refractivity contribution in [1.82, 2.24) is 4.72 Å². The lowest BCUT2D eigenvalue weighted by atomic mass is 10.1. The molecular weight excluding hydrogens is 313 g/mol. The maximum Gasteiger partial charge on any atom is 0.240 e. The molecule has 1 atom stereocenters. The minimum absolute atomic E-state index is 0.122. The summed E-state index contributed by atoms with van der Waals surface area (Å²) >= 11 is 5.72. The van der Waals surface area contributed by atoms with Crippen LogP contribution in [0.15, 0.2) is 53.4 Å². The van der Waals surface area contributed by atoms with Crippen LogP contribution in [-0.2, 0) is 10.0 Å². The molecule has 1 N–H and O–H groups in total. The van der Waals surface area contributed by atoms with Gasteiger partial charge in [-0.2, -0.15) is 0 Å². The fraction of sp³-hybridized carbons (Fsp3) is 0.200. The number of halogens is 2. The number of hydrogen-bond donors (Lipinski definition) is 1. The van der Waals surface area contributed by atoms with Gasteiger partial charge in [-0.15, -0.1) is 0 Å². The maximum atomic E-state index is 14.0. The molecule has 3 nitrogen and oxygen atoms in total. The van der Waals surface area contributed by atoms with Crippen LogP contribution in [0.2, 0.25) is 5.02 Å². The molecule has 0 saturated heterocycles. The largest absolute Gasteiger partial charge is 0.241 e. The van der Waals surface area contributed by atoms with E-state index in [-0.39, 0.29) is 11.4 Å². The van der Waals surface area contributed by atoms with Crippen molar-refractivity contribution in [3.63, 3.8) is 0 Å². The van der Waals surface area contributed by atoms with Crippen LogP contribution in [0.5, 0.6) is 0 Å². The summed E-state index contributed by atoms with van der Waals surface area (Å²) in [5.41, 5.74) is 1.34. The van der Waals surface area contributed by atoms with Crippen molar-refractivity contribution in [3.8, 4) is 0 Å². The minimum atomic E-state index is -3.70. The Morgan fingerprint density at radius 1 is 1.10 bits per heavy atom. The van der Waals surface area contributed by atoms with E-state index >= 15 is 0 Å². The highest BCUT2D eigenvalue weighted by Gasteiger charge is 2.17. The Balaban J connectivity index is 2.04. The van der Waals surface area contributed by atoms with Crippen molar-refractivity contribution in [3.05, 3.63) is 64.7 Å². The summed E-state index contributed by atoms with van der Waals surface area (Å²) in [6.45, 7) is 1.54. The smallest absolute Gasteiger partial charge is 0.240 e. The van der Waals surface area contributed by atoms with Gasteiger partial charge in [0, 0.05) is 11.6 Å². The highest BCUT2D eigenvalue weighted by Crippen LogP contribution is 2.20. The number of sulfonamides is 1. The average Bonchev–Trinajstić information content (AvgIpc) is 2.46. The number of nitrogens with one attached hydrogen (secondary N) is 1. The van der Waals surface area contributed by atoms with Crippen LogP contribution in [0.1, 0.15) is 17.3 Å². The Morgan fingerprint density at radius 3 is 2.24 bits per heavy atom. The molecule has 0 amide bonds. The van der Waals surface area contributed by atoms with E-state index in [1.165, 1.54) is 24.3 Å². The van der Waals surface area contributed by atoms with E-state index in [1.54, 1.807) is 24.3 Å². The van der Waals surface area contributed by atoms with Gasteiger partial charge in [-0.1, -0.05) is 41.4 Å². The van der Waals surface area contributed by atoms with E-state index in [4.69, 9.17) is 11.6 Å². The Morgan fingerprint density at radius 2 is 1.67 bits per heavy atom. The van der Waals surface area contributed by atoms with Gasteiger partial charge in [0.15, 0.2) is 0 Å². The van der Waals surface area contributed by atoms with Crippen molar-refractivity contribution in [2.45, 2.75) is 18.0 Å². The lowest BCUT2D eigenvalue weighted by Gasteiger charge is -2.11. The number of alkyl halides is 1. The summed E-state index contributed by atoms with van der Waals surface area (Å²) in [6, 6.07) is 12.6. The van der Waals surface area contributed by atoms with E-state index in [9.17, 15) is 12.8 Å². The molecule has 2 aromatic rings. The van der Waals surface area contributed by atoms with Crippen molar-refractivity contribution < 1.29 is 12.8 Å². The van der Waals surface area contributed by atoms with Crippen LogP contribution < -0.4 is 4.72 Å². The quantitative estimate of drug-likeness (QED) is 0.911. The lowest BCUT2D eigenvalue weighted by Crippen LogP contribution is -2.27. The topological polar surface area (TPSA) is 46.2 Å². The molecule has 0 saturated carbocycles. The number of rotatable bonds is 5. The molecule has 21 heavy (non-hydrogen) atoms. The normalized spacial score (nSPS) is 13.1. The van der Waals surface area contributed by atoms with Crippen LogP contribution in [0.3, 0.4) is 0 Å². The van der Waals surface area contributed by atoms with E-state index in [0.29, 0.717) is 10.6 Å². The van der Waals surface area contributed by atoms with Gasteiger partial charge in [-0.3, -0.25) is 0 Å². The van der Waals surface area contributed by atoms with Gasteiger partial charge < -0.3 is 0 Å².